The zero-order chi connectivity index (χ0) is 14.7. The molecule has 1 saturated heterocycles. The van der Waals surface area contributed by atoms with Crippen LogP contribution in [0.1, 0.15) is 17.5 Å². The molecule has 1 aromatic rings. The third-order valence-corrected chi connectivity index (χ3v) is 4.23. The Labute approximate surface area is 123 Å². The molecular weight excluding hydrogens is 278 g/mol. The Balaban J connectivity index is 2.18. The monoisotopic (exact) mass is 295 g/mol. The average molecular weight is 296 g/mol. The second-order valence-electron chi connectivity index (χ2n) is 5.26. The van der Waals surface area contributed by atoms with Gasteiger partial charge in [-0.25, -0.2) is 4.79 Å². The highest BCUT2D eigenvalue weighted by atomic mass is 35.5. The van der Waals surface area contributed by atoms with Gasteiger partial charge in [0.1, 0.15) is 6.04 Å². The molecule has 1 aromatic carbocycles. The number of amides is 1. The van der Waals surface area contributed by atoms with Gasteiger partial charge in [0, 0.05) is 25.3 Å². The molecule has 0 bridgehead atoms. The van der Waals surface area contributed by atoms with Gasteiger partial charge in [-0.05, 0) is 24.0 Å². The van der Waals surface area contributed by atoms with Crippen LogP contribution in [0.4, 0.5) is 0 Å². The number of carbonyl (C=O) groups is 2. The first kappa shape index (κ1) is 14.9. The van der Waals surface area contributed by atoms with Crippen LogP contribution in [0.2, 0.25) is 0 Å². The summed E-state index contributed by atoms with van der Waals surface area (Å²) in [5, 5.41) is 9.44. The summed E-state index contributed by atoms with van der Waals surface area (Å²) < 4.78 is 0. The van der Waals surface area contributed by atoms with Gasteiger partial charge in [-0.3, -0.25) is 4.79 Å². The molecule has 0 aliphatic carbocycles. The number of aliphatic carboxylic acids is 1. The van der Waals surface area contributed by atoms with Crippen molar-refractivity contribution in [2.24, 2.45) is 5.92 Å². The number of likely N-dealkylation sites (tertiary alicyclic amines) is 1. The van der Waals surface area contributed by atoms with Crippen molar-refractivity contribution in [1.29, 1.82) is 0 Å². The van der Waals surface area contributed by atoms with Crippen LogP contribution in [-0.4, -0.2) is 40.3 Å². The van der Waals surface area contributed by atoms with Crippen molar-refractivity contribution in [2.75, 3.05) is 12.4 Å². The topological polar surface area (TPSA) is 57.6 Å². The molecule has 0 radical (unpaired) electrons. The standard InChI is InChI=1S/C15H18ClNO3/c1-10-4-2-3-5-12(10)7-13(15(19)20)17-9-11(8-16)6-14(17)18/h2-5,11,13H,6-9H2,1H3,(H,19,20)/t11?,13-/m0/s1. The predicted octanol–water partition coefficient (Wildman–Crippen LogP) is 2.08. The van der Waals surface area contributed by atoms with E-state index in [1.807, 2.05) is 31.2 Å². The molecule has 1 heterocycles. The first-order chi connectivity index (χ1) is 9.52. The number of benzene rings is 1. The molecule has 1 amide bonds. The van der Waals surface area contributed by atoms with Crippen LogP contribution in [0.3, 0.4) is 0 Å². The highest BCUT2D eigenvalue weighted by Crippen LogP contribution is 2.23. The van der Waals surface area contributed by atoms with Gasteiger partial charge in [0.25, 0.3) is 0 Å². The van der Waals surface area contributed by atoms with E-state index in [1.54, 1.807) is 0 Å². The lowest BCUT2D eigenvalue weighted by atomic mass is 10.0. The lowest BCUT2D eigenvalue weighted by molar-refractivity contribution is -0.148. The Bertz CT molecular complexity index is 518. The fourth-order valence-corrected chi connectivity index (χ4v) is 2.80. The van der Waals surface area contributed by atoms with Gasteiger partial charge in [0.05, 0.1) is 0 Å². The van der Waals surface area contributed by atoms with Gasteiger partial charge >= 0.3 is 5.97 Å². The van der Waals surface area contributed by atoms with Crippen LogP contribution in [0.15, 0.2) is 24.3 Å². The van der Waals surface area contributed by atoms with E-state index in [9.17, 15) is 14.7 Å². The molecule has 1 aliphatic rings. The van der Waals surface area contributed by atoms with Crippen molar-refractivity contribution in [2.45, 2.75) is 25.8 Å². The average Bonchev–Trinajstić information content (AvgIpc) is 2.78. The summed E-state index contributed by atoms with van der Waals surface area (Å²) >= 11 is 5.78. The second-order valence-corrected chi connectivity index (χ2v) is 5.56. The number of carboxylic acids is 1. The number of halogens is 1. The van der Waals surface area contributed by atoms with E-state index in [-0.39, 0.29) is 11.8 Å². The van der Waals surface area contributed by atoms with E-state index >= 15 is 0 Å². The van der Waals surface area contributed by atoms with E-state index < -0.39 is 12.0 Å². The zero-order valence-electron chi connectivity index (χ0n) is 11.4. The molecule has 4 nitrogen and oxygen atoms in total. The minimum absolute atomic E-state index is 0.0582. The first-order valence-corrected chi connectivity index (χ1v) is 7.19. The molecule has 1 aliphatic heterocycles. The summed E-state index contributed by atoms with van der Waals surface area (Å²) in [6.07, 6.45) is 0.684. The molecular formula is C15H18ClNO3. The maximum atomic E-state index is 12.0. The number of carboxylic acid groups (broad SMARTS) is 1. The molecule has 108 valence electrons. The maximum Gasteiger partial charge on any atom is 0.326 e. The number of hydrogen-bond acceptors (Lipinski definition) is 2. The SMILES string of the molecule is Cc1ccccc1C[C@@H](C(=O)O)N1CC(CCl)CC1=O. The van der Waals surface area contributed by atoms with Crippen molar-refractivity contribution in [3.05, 3.63) is 35.4 Å². The highest BCUT2D eigenvalue weighted by Gasteiger charge is 2.37. The van der Waals surface area contributed by atoms with Crippen molar-refractivity contribution < 1.29 is 14.7 Å². The summed E-state index contributed by atoms with van der Waals surface area (Å²) in [5.74, 6) is -0.629. The summed E-state index contributed by atoms with van der Waals surface area (Å²) in [4.78, 5) is 24.9. The molecule has 20 heavy (non-hydrogen) atoms. The number of rotatable bonds is 5. The van der Waals surface area contributed by atoms with Crippen LogP contribution in [0, 0.1) is 12.8 Å². The summed E-state index contributed by atoms with van der Waals surface area (Å²) in [7, 11) is 0. The van der Waals surface area contributed by atoms with Gasteiger partial charge < -0.3 is 10.0 Å². The Morgan fingerprint density at radius 1 is 1.50 bits per heavy atom. The fourth-order valence-electron chi connectivity index (χ4n) is 2.59. The van der Waals surface area contributed by atoms with Gasteiger partial charge in [-0.1, -0.05) is 24.3 Å². The Morgan fingerprint density at radius 2 is 2.20 bits per heavy atom. The maximum absolute atomic E-state index is 12.0. The van der Waals surface area contributed by atoms with E-state index in [1.165, 1.54) is 4.90 Å². The van der Waals surface area contributed by atoms with Crippen LogP contribution >= 0.6 is 11.6 Å². The van der Waals surface area contributed by atoms with Gasteiger partial charge in [-0.15, -0.1) is 11.6 Å². The second kappa shape index (κ2) is 6.27. The normalized spacial score (nSPS) is 20.2. The summed E-state index contributed by atoms with van der Waals surface area (Å²) in [6.45, 7) is 2.38. The molecule has 1 unspecified atom stereocenters. The third kappa shape index (κ3) is 3.12. The zero-order valence-corrected chi connectivity index (χ0v) is 12.1. The van der Waals surface area contributed by atoms with Crippen LogP contribution in [0.5, 0.6) is 0 Å². The smallest absolute Gasteiger partial charge is 0.326 e. The Hall–Kier alpha value is -1.55. The first-order valence-electron chi connectivity index (χ1n) is 6.65. The molecule has 0 aromatic heterocycles. The predicted molar refractivity (Wildman–Crippen MR) is 76.8 cm³/mol. The largest absolute Gasteiger partial charge is 0.480 e. The molecule has 2 rings (SSSR count). The van der Waals surface area contributed by atoms with Gasteiger partial charge in [0.2, 0.25) is 5.91 Å². The van der Waals surface area contributed by atoms with E-state index in [0.717, 1.165) is 11.1 Å². The molecule has 0 saturated carbocycles. The quantitative estimate of drug-likeness (QED) is 0.846. The van der Waals surface area contributed by atoms with Crippen molar-refractivity contribution in [3.63, 3.8) is 0 Å². The van der Waals surface area contributed by atoms with Crippen LogP contribution < -0.4 is 0 Å². The van der Waals surface area contributed by atoms with Gasteiger partial charge in [0.15, 0.2) is 0 Å². The minimum Gasteiger partial charge on any atom is -0.480 e. The van der Waals surface area contributed by atoms with E-state index in [2.05, 4.69) is 0 Å². The Kier molecular flexibility index (Phi) is 4.65. The summed E-state index contributed by atoms with van der Waals surface area (Å²) in [5.41, 5.74) is 2.00. The minimum atomic E-state index is -0.961. The van der Waals surface area contributed by atoms with E-state index in [0.29, 0.717) is 25.3 Å². The number of alkyl halides is 1. The fraction of sp³-hybridized carbons (Fsp3) is 0.467. The molecule has 1 N–H and O–H groups in total. The molecule has 2 atom stereocenters. The number of aryl methyl sites for hydroxylation is 1. The number of nitrogens with zero attached hydrogens (tertiary/aromatic N) is 1. The van der Waals surface area contributed by atoms with E-state index in [4.69, 9.17) is 11.6 Å². The molecule has 1 fully saturated rings. The highest BCUT2D eigenvalue weighted by molar-refractivity contribution is 6.18. The number of hydrogen-bond donors (Lipinski definition) is 1. The third-order valence-electron chi connectivity index (χ3n) is 3.79. The van der Waals surface area contributed by atoms with Crippen molar-refractivity contribution >= 4 is 23.5 Å². The van der Waals surface area contributed by atoms with Crippen molar-refractivity contribution in [3.8, 4) is 0 Å². The lowest BCUT2D eigenvalue weighted by Crippen LogP contribution is -2.43. The number of carbonyl (C=O) groups excluding carboxylic acids is 1. The van der Waals surface area contributed by atoms with Crippen molar-refractivity contribution in [1.82, 2.24) is 4.90 Å². The molecule has 0 spiro atoms. The Morgan fingerprint density at radius 3 is 2.75 bits per heavy atom. The van der Waals surface area contributed by atoms with Crippen LogP contribution in [0.25, 0.3) is 0 Å². The molecule has 5 heteroatoms. The van der Waals surface area contributed by atoms with Gasteiger partial charge in [-0.2, -0.15) is 0 Å². The van der Waals surface area contributed by atoms with Crippen LogP contribution in [-0.2, 0) is 16.0 Å². The lowest BCUT2D eigenvalue weighted by Gasteiger charge is -2.25. The summed E-state index contributed by atoms with van der Waals surface area (Å²) in [6, 6.07) is 6.84.